The molecule has 108 valence electrons. The molecule has 0 aliphatic heterocycles. The van der Waals surface area contributed by atoms with Gasteiger partial charge in [0.25, 0.3) is 0 Å². The highest BCUT2D eigenvalue weighted by molar-refractivity contribution is 5.75. The average Bonchev–Trinajstić information content (AvgIpc) is 2.23. The third-order valence-corrected chi connectivity index (χ3v) is 2.76. The molecule has 1 unspecified atom stereocenters. The van der Waals surface area contributed by atoms with Crippen LogP contribution in [0.3, 0.4) is 0 Å². The van der Waals surface area contributed by atoms with E-state index in [-0.39, 0.29) is 12.0 Å². The van der Waals surface area contributed by atoms with Crippen LogP contribution in [-0.4, -0.2) is 36.6 Å². The van der Waals surface area contributed by atoms with Gasteiger partial charge in [0.15, 0.2) is 0 Å². The van der Waals surface area contributed by atoms with Gasteiger partial charge in [-0.3, -0.25) is 9.69 Å². The Kier molecular flexibility index (Phi) is 9.08. The Balaban J connectivity index is 4.76. The van der Waals surface area contributed by atoms with Crippen LogP contribution in [0.25, 0.3) is 0 Å². The summed E-state index contributed by atoms with van der Waals surface area (Å²) in [6, 6.07) is -0.0697. The van der Waals surface area contributed by atoms with Crippen molar-refractivity contribution in [2.24, 2.45) is 11.8 Å². The summed E-state index contributed by atoms with van der Waals surface area (Å²) in [7, 11) is 0. The summed E-state index contributed by atoms with van der Waals surface area (Å²) in [6.45, 7) is 15.2. The molecule has 0 N–H and O–H groups in total. The van der Waals surface area contributed by atoms with E-state index in [2.05, 4.69) is 39.5 Å². The molecule has 0 aliphatic rings. The molecule has 0 aliphatic carbocycles. The minimum absolute atomic E-state index is 0.0550. The Morgan fingerprint density at radius 2 is 1.56 bits per heavy atom. The van der Waals surface area contributed by atoms with Crippen molar-refractivity contribution < 1.29 is 9.53 Å². The van der Waals surface area contributed by atoms with Crippen molar-refractivity contribution in [1.82, 2.24) is 4.90 Å². The highest BCUT2D eigenvalue weighted by atomic mass is 16.5. The molecule has 0 bridgehead atoms. The van der Waals surface area contributed by atoms with Gasteiger partial charge in [-0.15, -0.1) is 0 Å². The first-order valence-electron chi connectivity index (χ1n) is 7.32. The molecule has 0 saturated carbocycles. The van der Waals surface area contributed by atoms with Crippen LogP contribution in [0.4, 0.5) is 0 Å². The van der Waals surface area contributed by atoms with Crippen LogP contribution in [0, 0.1) is 11.8 Å². The first-order chi connectivity index (χ1) is 8.42. The third kappa shape index (κ3) is 7.00. The van der Waals surface area contributed by atoms with E-state index in [0.717, 1.165) is 25.9 Å². The molecule has 0 aromatic carbocycles. The summed E-state index contributed by atoms with van der Waals surface area (Å²) in [5.74, 6) is 1.08. The summed E-state index contributed by atoms with van der Waals surface area (Å²) in [5.41, 5.74) is 0. The second kappa shape index (κ2) is 9.37. The standard InChI is InChI=1S/C15H31NO2/c1-7-9-14(15(17)18-8-2)16(10-12(3)4)11-13(5)6/h12-14H,7-11H2,1-6H3. The molecule has 0 heterocycles. The topological polar surface area (TPSA) is 29.5 Å². The number of carbonyl (C=O) groups is 1. The van der Waals surface area contributed by atoms with E-state index in [0.29, 0.717) is 18.4 Å². The SMILES string of the molecule is CCCC(C(=O)OCC)N(CC(C)C)CC(C)C. The fourth-order valence-corrected chi connectivity index (χ4v) is 2.23. The van der Waals surface area contributed by atoms with Crippen LogP contribution < -0.4 is 0 Å². The Morgan fingerprint density at radius 3 is 1.89 bits per heavy atom. The minimum atomic E-state index is -0.0697. The summed E-state index contributed by atoms with van der Waals surface area (Å²) < 4.78 is 5.22. The molecule has 18 heavy (non-hydrogen) atoms. The second-order valence-corrected chi connectivity index (χ2v) is 5.80. The number of hydrogen-bond acceptors (Lipinski definition) is 3. The highest BCUT2D eigenvalue weighted by Gasteiger charge is 2.27. The molecule has 3 nitrogen and oxygen atoms in total. The lowest BCUT2D eigenvalue weighted by Crippen LogP contribution is -2.45. The first kappa shape index (κ1) is 17.4. The van der Waals surface area contributed by atoms with E-state index in [1.54, 1.807) is 0 Å². The molecule has 0 amide bonds. The number of rotatable bonds is 9. The van der Waals surface area contributed by atoms with Gasteiger partial charge in [-0.25, -0.2) is 0 Å². The van der Waals surface area contributed by atoms with Crippen LogP contribution in [0.1, 0.15) is 54.4 Å². The zero-order valence-corrected chi connectivity index (χ0v) is 13.0. The third-order valence-electron chi connectivity index (χ3n) is 2.76. The zero-order chi connectivity index (χ0) is 14.1. The lowest BCUT2D eigenvalue weighted by atomic mass is 10.1. The number of esters is 1. The lowest BCUT2D eigenvalue weighted by molar-refractivity contribution is -0.150. The Morgan fingerprint density at radius 1 is 1.06 bits per heavy atom. The molecule has 0 aromatic rings. The summed E-state index contributed by atoms with van der Waals surface area (Å²) in [6.07, 6.45) is 1.90. The maximum Gasteiger partial charge on any atom is 0.323 e. The van der Waals surface area contributed by atoms with Gasteiger partial charge in [0.05, 0.1) is 6.61 Å². The van der Waals surface area contributed by atoms with Gasteiger partial charge >= 0.3 is 5.97 Å². The summed E-state index contributed by atoms with van der Waals surface area (Å²) >= 11 is 0. The molecule has 0 rings (SSSR count). The maximum absolute atomic E-state index is 12.1. The van der Waals surface area contributed by atoms with Crippen LogP contribution in [-0.2, 0) is 9.53 Å². The maximum atomic E-state index is 12.1. The molecule has 0 fully saturated rings. The highest BCUT2D eigenvalue weighted by Crippen LogP contribution is 2.14. The number of hydrogen-bond donors (Lipinski definition) is 0. The normalized spacial score (nSPS) is 13.4. The number of nitrogens with zero attached hydrogens (tertiary/aromatic N) is 1. The van der Waals surface area contributed by atoms with Crippen molar-refractivity contribution >= 4 is 5.97 Å². The first-order valence-corrected chi connectivity index (χ1v) is 7.32. The van der Waals surface area contributed by atoms with Gasteiger partial charge in [0, 0.05) is 13.1 Å². The lowest BCUT2D eigenvalue weighted by Gasteiger charge is -2.32. The van der Waals surface area contributed by atoms with Crippen molar-refractivity contribution in [2.45, 2.75) is 60.4 Å². The molecule has 3 heteroatoms. The van der Waals surface area contributed by atoms with E-state index in [1.807, 2.05) is 6.92 Å². The molecule has 0 spiro atoms. The quantitative estimate of drug-likeness (QED) is 0.593. The van der Waals surface area contributed by atoms with Gasteiger partial charge < -0.3 is 4.74 Å². The van der Waals surface area contributed by atoms with Crippen LogP contribution in [0.5, 0.6) is 0 Å². The monoisotopic (exact) mass is 257 g/mol. The van der Waals surface area contributed by atoms with E-state index in [4.69, 9.17) is 4.74 Å². The number of ether oxygens (including phenoxy) is 1. The fraction of sp³-hybridized carbons (Fsp3) is 0.933. The predicted octanol–water partition coefficient (Wildman–Crippen LogP) is 3.33. The largest absolute Gasteiger partial charge is 0.465 e. The minimum Gasteiger partial charge on any atom is -0.465 e. The van der Waals surface area contributed by atoms with Gasteiger partial charge in [-0.1, -0.05) is 41.0 Å². The predicted molar refractivity (Wildman–Crippen MR) is 76.6 cm³/mol. The molecule has 0 aromatic heterocycles. The van der Waals surface area contributed by atoms with Gasteiger partial charge in [0.1, 0.15) is 6.04 Å². The summed E-state index contributed by atoms with van der Waals surface area (Å²) in [4.78, 5) is 14.4. The molecule has 0 saturated heterocycles. The molecular weight excluding hydrogens is 226 g/mol. The van der Waals surface area contributed by atoms with E-state index < -0.39 is 0 Å². The molecule has 0 radical (unpaired) electrons. The fourth-order valence-electron chi connectivity index (χ4n) is 2.23. The van der Waals surface area contributed by atoms with Crippen molar-refractivity contribution in [2.75, 3.05) is 19.7 Å². The Labute approximate surface area is 113 Å². The molecule has 1 atom stereocenters. The zero-order valence-electron chi connectivity index (χ0n) is 13.0. The van der Waals surface area contributed by atoms with Gasteiger partial charge in [-0.2, -0.15) is 0 Å². The van der Waals surface area contributed by atoms with Crippen molar-refractivity contribution in [1.29, 1.82) is 0 Å². The Hall–Kier alpha value is -0.570. The van der Waals surface area contributed by atoms with Crippen molar-refractivity contribution in [3.05, 3.63) is 0 Å². The van der Waals surface area contributed by atoms with E-state index >= 15 is 0 Å². The molecular formula is C15H31NO2. The van der Waals surface area contributed by atoms with Gasteiger partial charge in [-0.05, 0) is 25.2 Å². The average molecular weight is 257 g/mol. The van der Waals surface area contributed by atoms with Crippen molar-refractivity contribution in [3.8, 4) is 0 Å². The summed E-state index contributed by atoms with van der Waals surface area (Å²) in [5, 5.41) is 0. The smallest absolute Gasteiger partial charge is 0.323 e. The second-order valence-electron chi connectivity index (χ2n) is 5.80. The van der Waals surface area contributed by atoms with Crippen LogP contribution >= 0.6 is 0 Å². The number of carbonyl (C=O) groups excluding carboxylic acids is 1. The van der Waals surface area contributed by atoms with Crippen LogP contribution in [0.15, 0.2) is 0 Å². The Bertz CT molecular complexity index is 217. The van der Waals surface area contributed by atoms with E-state index in [9.17, 15) is 4.79 Å². The van der Waals surface area contributed by atoms with E-state index in [1.165, 1.54) is 0 Å². The van der Waals surface area contributed by atoms with Crippen LogP contribution in [0.2, 0.25) is 0 Å². The van der Waals surface area contributed by atoms with Crippen molar-refractivity contribution in [3.63, 3.8) is 0 Å². The van der Waals surface area contributed by atoms with Gasteiger partial charge in [0.2, 0.25) is 0 Å².